The predicted molar refractivity (Wildman–Crippen MR) is 113 cm³/mol. The zero-order valence-electron chi connectivity index (χ0n) is 16.6. The molecule has 0 spiro atoms. The van der Waals surface area contributed by atoms with Crippen LogP contribution in [0.3, 0.4) is 0 Å². The Morgan fingerprint density at radius 1 is 1.26 bits per heavy atom. The number of amides is 1. The van der Waals surface area contributed by atoms with Crippen molar-refractivity contribution in [3.8, 4) is 23.1 Å². The van der Waals surface area contributed by atoms with Gasteiger partial charge in [-0.25, -0.2) is 14.1 Å². The van der Waals surface area contributed by atoms with E-state index in [1.165, 1.54) is 22.9 Å². The number of hydrogen-bond acceptors (Lipinski definition) is 5. The molecule has 0 bridgehead atoms. The van der Waals surface area contributed by atoms with Crippen LogP contribution in [0.2, 0.25) is 0 Å². The van der Waals surface area contributed by atoms with E-state index in [1.54, 1.807) is 41.2 Å². The molecule has 9 heteroatoms. The van der Waals surface area contributed by atoms with E-state index in [1.807, 2.05) is 19.2 Å². The molecule has 2 aromatic heterocycles. The van der Waals surface area contributed by atoms with Gasteiger partial charge in [-0.15, -0.1) is 0 Å². The van der Waals surface area contributed by atoms with Gasteiger partial charge in [0.2, 0.25) is 0 Å². The molecule has 154 valence electrons. The molecule has 0 aliphatic rings. The Hall–Kier alpha value is -4.29. The highest BCUT2D eigenvalue weighted by Crippen LogP contribution is 2.24. The van der Waals surface area contributed by atoms with Gasteiger partial charge in [-0.05, 0) is 35.9 Å². The standard InChI is InChI=1S/C22H18FN7O/c1-29-8-7-26-21(29)15-5-6-19(18(23)10-15)27-22(31)20-11-16(13-25)28-30(20)17-4-2-3-14(9-17)12-24/h2-11H,12,24H2,1H3,(H,27,31). The fourth-order valence-corrected chi connectivity index (χ4v) is 3.20. The van der Waals surface area contributed by atoms with Gasteiger partial charge < -0.3 is 15.6 Å². The van der Waals surface area contributed by atoms with Crippen molar-refractivity contribution >= 4 is 11.6 Å². The molecule has 31 heavy (non-hydrogen) atoms. The maximum Gasteiger partial charge on any atom is 0.274 e. The van der Waals surface area contributed by atoms with Crippen LogP contribution in [0.5, 0.6) is 0 Å². The Bertz CT molecular complexity index is 1320. The molecule has 0 aliphatic carbocycles. The first-order chi connectivity index (χ1) is 15.0. The molecule has 0 atom stereocenters. The summed E-state index contributed by atoms with van der Waals surface area (Å²) in [7, 11) is 1.81. The number of carbonyl (C=O) groups is 1. The molecule has 0 saturated heterocycles. The largest absolute Gasteiger partial charge is 0.334 e. The molecule has 1 amide bonds. The lowest BCUT2D eigenvalue weighted by molar-refractivity contribution is 0.101. The molecule has 0 fully saturated rings. The monoisotopic (exact) mass is 415 g/mol. The molecule has 2 aromatic carbocycles. The van der Waals surface area contributed by atoms with Gasteiger partial charge in [-0.2, -0.15) is 10.4 Å². The van der Waals surface area contributed by atoms with Gasteiger partial charge in [0.1, 0.15) is 23.4 Å². The van der Waals surface area contributed by atoms with E-state index in [0.29, 0.717) is 23.6 Å². The summed E-state index contributed by atoms with van der Waals surface area (Å²) < 4.78 is 17.8. The number of hydrogen-bond donors (Lipinski definition) is 2. The molecule has 0 radical (unpaired) electrons. The van der Waals surface area contributed by atoms with E-state index in [0.717, 1.165) is 5.56 Å². The van der Waals surface area contributed by atoms with Crippen molar-refractivity contribution in [2.24, 2.45) is 12.8 Å². The molecule has 3 N–H and O–H groups in total. The number of carbonyl (C=O) groups excluding carboxylic acids is 1. The predicted octanol–water partition coefficient (Wildman–Crippen LogP) is 2.99. The van der Waals surface area contributed by atoms with Crippen LogP contribution in [-0.4, -0.2) is 25.2 Å². The van der Waals surface area contributed by atoms with Crippen molar-refractivity contribution in [1.29, 1.82) is 5.26 Å². The number of halogens is 1. The lowest BCUT2D eigenvalue weighted by atomic mass is 10.1. The van der Waals surface area contributed by atoms with Crippen molar-refractivity contribution in [3.05, 3.63) is 83.7 Å². The second-order valence-corrected chi connectivity index (χ2v) is 6.82. The lowest BCUT2D eigenvalue weighted by Gasteiger charge is -2.11. The average Bonchev–Trinajstić information content (AvgIpc) is 3.41. The van der Waals surface area contributed by atoms with Crippen LogP contribution in [0.4, 0.5) is 10.1 Å². The van der Waals surface area contributed by atoms with Crippen molar-refractivity contribution in [1.82, 2.24) is 19.3 Å². The summed E-state index contributed by atoms with van der Waals surface area (Å²) in [6.45, 7) is 0.315. The number of rotatable bonds is 5. The summed E-state index contributed by atoms with van der Waals surface area (Å²) in [4.78, 5) is 17.1. The summed E-state index contributed by atoms with van der Waals surface area (Å²) in [5, 5.41) is 16.0. The summed E-state index contributed by atoms with van der Waals surface area (Å²) in [6.07, 6.45) is 3.38. The quantitative estimate of drug-likeness (QED) is 0.520. The third kappa shape index (κ3) is 3.92. The van der Waals surface area contributed by atoms with Crippen LogP contribution >= 0.6 is 0 Å². The molecule has 2 heterocycles. The summed E-state index contributed by atoms with van der Waals surface area (Å²) >= 11 is 0. The van der Waals surface area contributed by atoms with E-state index in [9.17, 15) is 14.4 Å². The Morgan fingerprint density at radius 2 is 2.10 bits per heavy atom. The number of nitrogens with one attached hydrogen (secondary N) is 1. The minimum atomic E-state index is -0.606. The number of nitriles is 1. The van der Waals surface area contributed by atoms with Crippen LogP contribution in [0.1, 0.15) is 21.7 Å². The second-order valence-electron chi connectivity index (χ2n) is 6.82. The lowest BCUT2D eigenvalue weighted by Crippen LogP contribution is -2.18. The van der Waals surface area contributed by atoms with E-state index in [4.69, 9.17) is 5.73 Å². The summed E-state index contributed by atoms with van der Waals surface area (Å²) in [5.74, 6) is -0.602. The second kappa shape index (κ2) is 8.22. The fourth-order valence-electron chi connectivity index (χ4n) is 3.20. The fraction of sp³-hybridized carbons (Fsp3) is 0.0909. The molecule has 0 aliphatic heterocycles. The summed E-state index contributed by atoms with van der Waals surface area (Å²) in [6, 6.07) is 14.9. The van der Waals surface area contributed by atoms with Crippen molar-refractivity contribution in [2.45, 2.75) is 6.54 Å². The zero-order valence-corrected chi connectivity index (χ0v) is 16.6. The van der Waals surface area contributed by atoms with E-state index < -0.39 is 11.7 Å². The molecule has 4 rings (SSSR count). The number of benzene rings is 2. The van der Waals surface area contributed by atoms with Crippen LogP contribution in [0, 0.1) is 17.1 Å². The highest BCUT2D eigenvalue weighted by molar-refractivity contribution is 6.03. The molecular formula is C22H18FN7O. The molecular weight excluding hydrogens is 397 g/mol. The molecule has 0 saturated carbocycles. The Morgan fingerprint density at radius 3 is 2.77 bits per heavy atom. The van der Waals surface area contributed by atoms with Crippen molar-refractivity contribution < 1.29 is 9.18 Å². The number of imidazole rings is 1. The Kier molecular flexibility index (Phi) is 5.30. The third-order valence-electron chi connectivity index (χ3n) is 4.74. The van der Waals surface area contributed by atoms with Crippen molar-refractivity contribution in [2.75, 3.05) is 5.32 Å². The first kappa shape index (κ1) is 20.0. The van der Waals surface area contributed by atoms with Crippen molar-refractivity contribution in [3.63, 3.8) is 0 Å². The number of nitrogens with two attached hydrogens (primary N) is 1. The van der Waals surface area contributed by atoms with Crippen LogP contribution in [-0.2, 0) is 13.6 Å². The number of anilines is 1. The van der Waals surface area contributed by atoms with Gasteiger partial charge in [0, 0.05) is 37.6 Å². The zero-order chi connectivity index (χ0) is 22.0. The van der Waals surface area contributed by atoms with Gasteiger partial charge in [0.05, 0.1) is 11.4 Å². The number of nitrogens with zero attached hydrogens (tertiary/aromatic N) is 5. The van der Waals surface area contributed by atoms with Crippen LogP contribution in [0.25, 0.3) is 17.1 Å². The van der Waals surface area contributed by atoms with E-state index >= 15 is 0 Å². The Labute approximate surface area is 177 Å². The number of aryl methyl sites for hydroxylation is 1. The van der Waals surface area contributed by atoms with Gasteiger partial charge in [-0.3, -0.25) is 4.79 Å². The van der Waals surface area contributed by atoms with Gasteiger partial charge in [-0.1, -0.05) is 12.1 Å². The smallest absolute Gasteiger partial charge is 0.274 e. The number of aromatic nitrogens is 4. The molecule has 4 aromatic rings. The van der Waals surface area contributed by atoms with E-state index in [-0.39, 0.29) is 17.1 Å². The topological polar surface area (TPSA) is 115 Å². The summed E-state index contributed by atoms with van der Waals surface area (Å²) in [5.41, 5.74) is 7.85. The van der Waals surface area contributed by atoms with Gasteiger partial charge in [0.15, 0.2) is 5.69 Å². The first-order valence-corrected chi connectivity index (χ1v) is 9.38. The SMILES string of the molecule is Cn1ccnc1-c1ccc(NC(=O)c2cc(C#N)nn2-c2cccc(CN)c2)c(F)c1. The van der Waals surface area contributed by atoms with Crippen LogP contribution in [0.15, 0.2) is 60.9 Å². The average molecular weight is 415 g/mol. The normalized spacial score (nSPS) is 10.6. The highest BCUT2D eigenvalue weighted by atomic mass is 19.1. The van der Waals surface area contributed by atoms with Crippen LogP contribution < -0.4 is 11.1 Å². The minimum absolute atomic E-state index is 0.00456. The third-order valence-corrected chi connectivity index (χ3v) is 4.74. The maximum absolute atomic E-state index is 14.7. The molecule has 0 unspecified atom stereocenters. The first-order valence-electron chi connectivity index (χ1n) is 9.38. The van der Waals surface area contributed by atoms with Gasteiger partial charge >= 0.3 is 0 Å². The Balaban J connectivity index is 1.66. The minimum Gasteiger partial charge on any atom is -0.334 e. The van der Waals surface area contributed by atoms with E-state index in [2.05, 4.69) is 15.4 Å². The van der Waals surface area contributed by atoms with Gasteiger partial charge in [0.25, 0.3) is 5.91 Å². The maximum atomic E-state index is 14.7. The molecule has 8 nitrogen and oxygen atoms in total. The highest BCUT2D eigenvalue weighted by Gasteiger charge is 2.19.